The normalized spacial score (nSPS) is 10.5. The van der Waals surface area contributed by atoms with Gasteiger partial charge in [-0.05, 0) is 49.2 Å². The number of carbonyl (C=O) groups is 1. The highest BCUT2D eigenvalue weighted by molar-refractivity contribution is 7.14. The Balaban J connectivity index is 1.75. The van der Waals surface area contributed by atoms with Crippen molar-refractivity contribution in [2.45, 2.75) is 13.8 Å². The quantitative estimate of drug-likeness (QED) is 0.549. The molecule has 3 aromatic rings. The number of amides is 1. The smallest absolute Gasteiger partial charge is 0.269 e. The summed E-state index contributed by atoms with van der Waals surface area (Å²) in [5, 5.41) is 15.8. The number of carbonyl (C=O) groups excluding carboxylic acids is 1. The highest BCUT2D eigenvalue weighted by Crippen LogP contribution is 2.26. The molecule has 0 saturated heterocycles. The lowest BCUT2D eigenvalue weighted by Gasteiger charge is -2.05. The summed E-state index contributed by atoms with van der Waals surface area (Å²) in [7, 11) is 0. The minimum Gasteiger partial charge on any atom is -0.298 e. The monoisotopic (exact) mass is 353 g/mol. The van der Waals surface area contributed by atoms with Crippen molar-refractivity contribution in [1.82, 2.24) is 4.98 Å². The second-order valence-electron chi connectivity index (χ2n) is 5.60. The number of nitro benzene ring substituents is 1. The molecular formula is C18H15N3O3S. The fourth-order valence-electron chi connectivity index (χ4n) is 2.27. The molecule has 0 bridgehead atoms. The van der Waals surface area contributed by atoms with Gasteiger partial charge in [0.05, 0.1) is 10.6 Å². The van der Waals surface area contributed by atoms with Gasteiger partial charge in [0.1, 0.15) is 0 Å². The van der Waals surface area contributed by atoms with Crippen molar-refractivity contribution in [1.29, 1.82) is 0 Å². The Labute approximate surface area is 148 Å². The summed E-state index contributed by atoms with van der Waals surface area (Å²) in [6.07, 6.45) is 0. The molecule has 1 heterocycles. The average Bonchev–Trinajstić information content (AvgIpc) is 3.05. The van der Waals surface area contributed by atoms with Gasteiger partial charge >= 0.3 is 0 Å². The van der Waals surface area contributed by atoms with E-state index in [1.165, 1.54) is 23.5 Å². The van der Waals surface area contributed by atoms with Gasteiger partial charge in [0.15, 0.2) is 5.13 Å². The van der Waals surface area contributed by atoms with Crippen molar-refractivity contribution in [2.24, 2.45) is 0 Å². The number of nitrogens with one attached hydrogen (secondary N) is 1. The van der Waals surface area contributed by atoms with Gasteiger partial charge < -0.3 is 0 Å². The van der Waals surface area contributed by atoms with Gasteiger partial charge in [-0.25, -0.2) is 4.98 Å². The topological polar surface area (TPSA) is 85.1 Å². The first-order valence-electron chi connectivity index (χ1n) is 7.53. The third kappa shape index (κ3) is 3.72. The van der Waals surface area contributed by atoms with Crippen LogP contribution in [0.2, 0.25) is 0 Å². The molecule has 7 heteroatoms. The van der Waals surface area contributed by atoms with Crippen LogP contribution in [-0.4, -0.2) is 15.8 Å². The van der Waals surface area contributed by atoms with Crippen LogP contribution in [0.1, 0.15) is 21.5 Å². The van der Waals surface area contributed by atoms with Gasteiger partial charge in [0, 0.05) is 28.6 Å². The molecule has 6 nitrogen and oxygen atoms in total. The molecule has 0 unspecified atom stereocenters. The molecule has 0 spiro atoms. The lowest BCUT2D eigenvalue weighted by atomic mass is 10.1. The third-order valence-corrected chi connectivity index (χ3v) is 4.63. The number of nitro groups is 1. The molecule has 0 saturated carbocycles. The summed E-state index contributed by atoms with van der Waals surface area (Å²) in [5.74, 6) is -0.215. The number of anilines is 1. The predicted molar refractivity (Wildman–Crippen MR) is 98.1 cm³/mol. The van der Waals surface area contributed by atoms with Gasteiger partial charge in [-0.15, -0.1) is 11.3 Å². The summed E-state index contributed by atoms with van der Waals surface area (Å²) >= 11 is 1.31. The molecular weight excluding hydrogens is 338 g/mol. The maximum atomic E-state index is 12.3. The summed E-state index contributed by atoms with van der Waals surface area (Å²) in [4.78, 5) is 27.0. The first kappa shape index (κ1) is 16.8. The largest absolute Gasteiger partial charge is 0.298 e. The number of aromatic nitrogens is 1. The molecule has 0 atom stereocenters. The standard InChI is InChI=1S/C18H15N3O3S/c1-11-3-4-14(9-12(11)2)17(22)20-18-19-16(10-25-18)13-5-7-15(8-6-13)21(23)24/h3-10H,1-2H3,(H,19,20,22). The molecule has 2 aromatic carbocycles. The number of rotatable bonds is 4. The van der Waals surface area contributed by atoms with Crippen LogP contribution in [-0.2, 0) is 0 Å². The zero-order valence-corrected chi connectivity index (χ0v) is 14.5. The van der Waals surface area contributed by atoms with Crippen LogP contribution in [0.15, 0.2) is 47.8 Å². The summed E-state index contributed by atoms with van der Waals surface area (Å²) in [5.41, 5.74) is 4.21. The Hall–Kier alpha value is -3.06. The SMILES string of the molecule is Cc1ccc(C(=O)Nc2nc(-c3ccc([N+](=O)[O-])cc3)cs2)cc1C. The van der Waals surface area contributed by atoms with Crippen molar-refractivity contribution in [3.8, 4) is 11.3 Å². The van der Waals surface area contributed by atoms with Gasteiger partial charge in [-0.3, -0.25) is 20.2 Å². The molecule has 25 heavy (non-hydrogen) atoms. The predicted octanol–water partition coefficient (Wildman–Crippen LogP) is 4.59. The van der Waals surface area contributed by atoms with Crippen LogP contribution in [0.5, 0.6) is 0 Å². The average molecular weight is 353 g/mol. The van der Waals surface area contributed by atoms with E-state index in [0.29, 0.717) is 16.4 Å². The van der Waals surface area contributed by atoms with E-state index in [-0.39, 0.29) is 11.6 Å². The van der Waals surface area contributed by atoms with Crippen molar-refractivity contribution in [2.75, 3.05) is 5.32 Å². The minimum absolute atomic E-state index is 0.0299. The second-order valence-corrected chi connectivity index (χ2v) is 6.45. The second kappa shape index (κ2) is 6.82. The summed E-state index contributed by atoms with van der Waals surface area (Å²) < 4.78 is 0. The molecule has 1 N–H and O–H groups in total. The van der Waals surface area contributed by atoms with Crippen molar-refractivity contribution in [3.63, 3.8) is 0 Å². The first-order valence-corrected chi connectivity index (χ1v) is 8.41. The van der Waals surface area contributed by atoms with Crippen molar-refractivity contribution < 1.29 is 9.72 Å². The van der Waals surface area contributed by atoms with E-state index in [1.807, 2.05) is 26.0 Å². The molecule has 0 fully saturated rings. The van der Waals surface area contributed by atoms with Gasteiger partial charge in [-0.2, -0.15) is 0 Å². The van der Waals surface area contributed by atoms with E-state index < -0.39 is 4.92 Å². The summed E-state index contributed by atoms with van der Waals surface area (Å²) in [6, 6.07) is 11.7. The fraction of sp³-hybridized carbons (Fsp3) is 0.111. The molecule has 126 valence electrons. The number of hydrogen-bond donors (Lipinski definition) is 1. The number of benzene rings is 2. The van der Waals surface area contributed by atoms with Crippen LogP contribution in [0.25, 0.3) is 11.3 Å². The highest BCUT2D eigenvalue weighted by atomic mass is 32.1. The van der Waals surface area contributed by atoms with Crippen LogP contribution >= 0.6 is 11.3 Å². The van der Waals surface area contributed by atoms with E-state index in [9.17, 15) is 14.9 Å². The zero-order chi connectivity index (χ0) is 18.0. The zero-order valence-electron chi connectivity index (χ0n) is 13.6. The Morgan fingerprint density at radius 1 is 1.12 bits per heavy atom. The highest BCUT2D eigenvalue weighted by Gasteiger charge is 2.12. The van der Waals surface area contributed by atoms with Crippen LogP contribution in [0, 0.1) is 24.0 Å². The Morgan fingerprint density at radius 3 is 2.48 bits per heavy atom. The van der Waals surface area contributed by atoms with Crippen molar-refractivity contribution in [3.05, 3.63) is 74.6 Å². The van der Waals surface area contributed by atoms with E-state index >= 15 is 0 Å². The van der Waals surface area contributed by atoms with E-state index in [0.717, 1.165) is 16.7 Å². The lowest BCUT2D eigenvalue weighted by Crippen LogP contribution is -2.12. The van der Waals surface area contributed by atoms with Gasteiger partial charge in [0.2, 0.25) is 0 Å². The molecule has 1 amide bonds. The third-order valence-electron chi connectivity index (χ3n) is 3.87. The van der Waals surface area contributed by atoms with Gasteiger partial charge in [-0.1, -0.05) is 6.07 Å². The molecule has 0 aliphatic heterocycles. The van der Waals surface area contributed by atoms with E-state index in [4.69, 9.17) is 0 Å². The maximum absolute atomic E-state index is 12.3. The number of nitrogens with zero attached hydrogens (tertiary/aromatic N) is 2. The van der Waals surface area contributed by atoms with E-state index in [1.54, 1.807) is 23.6 Å². The number of non-ortho nitro benzene ring substituents is 1. The van der Waals surface area contributed by atoms with Gasteiger partial charge in [0.25, 0.3) is 11.6 Å². The molecule has 1 aromatic heterocycles. The van der Waals surface area contributed by atoms with Crippen molar-refractivity contribution >= 4 is 28.1 Å². The van der Waals surface area contributed by atoms with Crippen LogP contribution in [0.4, 0.5) is 10.8 Å². The molecule has 3 rings (SSSR count). The fourth-order valence-corrected chi connectivity index (χ4v) is 2.98. The van der Waals surface area contributed by atoms with Crippen LogP contribution in [0.3, 0.4) is 0 Å². The lowest BCUT2D eigenvalue weighted by molar-refractivity contribution is -0.384. The minimum atomic E-state index is -0.444. The Kier molecular flexibility index (Phi) is 4.58. The number of hydrogen-bond acceptors (Lipinski definition) is 5. The number of aryl methyl sites for hydroxylation is 2. The first-order chi connectivity index (χ1) is 11.9. The van der Waals surface area contributed by atoms with Crippen LogP contribution < -0.4 is 5.32 Å². The molecule has 0 radical (unpaired) electrons. The molecule has 0 aliphatic rings. The maximum Gasteiger partial charge on any atom is 0.269 e. The number of thiazole rings is 1. The molecule has 0 aliphatic carbocycles. The van der Waals surface area contributed by atoms with E-state index in [2.05, 4.69) is 10.3 Å². The Bertz CT molecular complexity index is 948. The summed E-state index contributed by atoms with van der Waals surface area (Å²) in [6.45, 7) is 3.95. The Morgan fingerprint density at radius 2 is 1.84 bits per heavy atom.